The zero-order valence-electron chi connectivity index (χ0n) is 11.1. The zero-order chi connectivity index (χ0) is 14.8. The number of carbonyl (C=O) groups excluding carboxylic acids is 1. The van der Waals surface area contributed by atoms with Gasteiger partial charge in [0.25, 0.3) is 16.0 Å². The first kappa shape index (κ1) is 14.9. The van der Waals surface area contributed by atoms with Crippen LogP contribution in [-0.4, -0.2) is 44.7 Å². The highest BCUT2D eigenvalue weighted by molar-refractivity contribution is 7.86. The van der Waals surface area contributed by atoms with E-state index in [2.05, 4.69) is 4.18 Å². The largest absolute Gasteiger partial charge is 0.335 e. The number of amides is 1. The van der Waals surface area contributed by atoms with Crippen LogP contribution in [0.25, 0.3) is 0 Å². The lowest BCUT2D eigenvalue weighted by molar-refractivity contribution is 0.0748. The predicted molar refractivity (Wildman–Crippen MR) is 71.3 cm³/mol. The summed E-state index contributed by atoms with van der Waals surface area (Å²) >= 11 is 0. The fourth-order valence-electron chi connectivity index (χ4n) is 2.34. The first-order chi connectivity index (χ1) is 9.43. The molecule has 0 saturated carbocycles. The Morgan fingerprint density at radius 2 is 2.05 bits per heavy atom. The van der Waals surface area contributed by atoms with E-state index in [4.69, 9.17) is 0 Å². The number of carbonyl (C=O) groups is 1. The van der Waals surface area contributed by atoms with E-state index in [1.165, 1.54) is 29.2 Å². The van der Waals surface area contributed by atoms with Gasteiger partial charge in [-0.1, -0.05) is 0 Å². The Hall–Kier alpha value is -1.47. The van der Waals surface area contributed by atoms with E-state index >= 15 is 0 Å². The maximum Gasteiger partial charge on any atom is 0.269 e. The van der Waals surface area contributed by atoms with Crippen molar-refractivity contribution in [3.63, 3.8) is 0 Å². The van der Waals surface area contributed by atoms with E-state index in [1.54, 1.807) is 0 Å². The van der Waals surface area contributed by atoms with Crippen molar-refractivity contribution >= 4 is 16.0 Å². The number of nitrogens with zero attached hydrogens (tertiary/aromatic N) is 1. The van der Waals surface area contributed by atoms with Crippen molar-refractivity contribution in [2.45, 2.75) is 18.9 Å². The molecule has 1 saturated heterocycles. The van der Waals surface area contributed by atoms with Gasteiger partial charge in [0.1, 0.15) is 5.82 Å². The monoisotopic (exact) mass is 301 g/mol. The molecule has 0 spiro atoms. The van der Waals surface area contributed by atoms with Gasteiger partial charge in [-0.2, -0.15) is 8.42 Å². The molecule has 1 aromatic carbocycles. The van der Waals surface area contributed by atoms with Crippen LogP contribution in [0, 0.1) is 5.82 Å². The fourth-order valence-corrected chi connectivity index (χ4v) is 3.29. The fraction of sp³-hybridized carbons (Fsp3) is 0.462. The molecular formula is C13H16FNO4S. The molecule has 1 aliphatic heterocycles. The number of hydrogen-bond donors (Lipinski definition) is 0. The van der Waals surface area contributed by atoms with Gasteiger partial charge < -0.3 is 4.90 Å². The van der Waals surface area contributed by atoms with Crippen molar-refractivity contribution < 1.29 is 21.8 Å². The average Bonchev–Trinajstić information content (AvgIpc) is 2.86. The third kappa shape index (κ3) is 3.34. The van der Waals surface area contributed by atoms with Crippen molar-refractivity contribution in [3.05, 3.63) is 35.6 Å². The summed E-state index contributed by atoms with van der Waals surface area (Å²) in [5.41, 5.74) is 0.355. The molecule has 0 N–H and O–H groups in total. The molecule has 5 nitrogen and oxygen atoms in total. The maximum atomic E-state index is 12.9. The molecule has 0 aromatic heterocycles. The lowest BCUT2D eigenvalue weighted by atomic mass is 10.2. The maximum absolute atomic E-state index is 12.9. The SMILES string of the molecule is COS(=O)(=O)C[C@H]1CCCN1C(=O)c1ccc(F)cc1. The molecule has 20 heavy (non-hydrogen) atoms. The van der Waals surface area contributed by atoms with E-state index in [0.717, 1.165) is 13.5 Å². The third-order valence-electron chi connectivity index (χ3n) is 3.38. The number of halogens is 1. The summed E-state index contributed by atoms with van der Waals surface area (Å²) in [6, 6.07) is 4.84. The molecule has 1 atom stereocenters. The second kappa shape index (κ2) is 5.88. The van der Waals surface area contributed by atoms with Gasteiger partial charge in [0.15, 0.2) is 0 Å². The summed E-state index contributed by atoms with van der Waals surface area (Å²) in [6.07, 6.45) is 1.37. The Kier molecular flexibility index (Phi) is 4.39. The van der Waals surface area contributed by atoms with Crippen LogP contribution < -0.4 is 0 Å². The summed E-state index contributed by atoms with van der Waals surface area (Å²) in [7, 11) is -2.50. The second-order valence-corrected chi connectivity index (χ2v) is 6.47. The van der Waals surface area contributed by atoms with Gasteiger partial charge in [0.2, 0.25) is 0 Å². The van der Waals surface area contributed by atoms with E-state index in [-0.39, 0.29) is 11.7 Å². The highest BCUT2D eigenvalue weighted by Crippen LogP contribution is 2.22. The number of rotatable bonds is 4. The van der Waals surface area contributed by atoms with Crippen molar-refractivity contribution in [2.24, 2.45) is 0 Å². The van der Waals surface area contributed by atoms with E-state index < -0.39 is 22.0 Å². The highest BCUT2D eigenvalue weighted by atomic mass is 32.2. The Balaban J connectivity index is 2.14. The summed E-state index contributed by atoms with van der Waals surface area (Å²) in [6.45, 7) is 0.500. The average molecular weight is 301 g/mol. The van der Waals surface area contributed by atoms with E-state index in [0.29, 0.717) is 18.5 Å². The van der Waals surface area contributed by atoms with Crippen LogP contribution in [0.1, 0.15) is 23.2 Å². The van der Waals surface area contributed by atoms with Crippen LogP contribution in [-0.2, 0) is 14.3 Å². The molecule has 7 heteroatoms. The summed E-state index contributed by atoms with van der Waals surface area (Å²) < 4.78 is 40.3. The molecule has 0 unspecified atom stereocenters. The Labute approximate surface area is 117 Å². The molecule has 0 radical (unpaired) electrons. The normalized spacial score (nSPS) is 19.3. The number of likely N-dealkylation sites (tertiary alicyclic amines) is 1. The quantitative estimate of drug-likeness (QED) is 0.789. The zero-order valence-corrected chi connectivity index (χ0v) is 11.9. The molecule has 1 aliphatic rings. The minimum atomic E-state index is -3.61. The third-order valence-corrected chi connectivity index (χ3v) is 4.68. The predicted octanol–water partition coefficient (Wildman–Crippen LogP) is 1.41. The molecule has 0 aliphatic carbocycles. The van der Waals surface area contributed by atoms with Crippen LogP contribution in [0.4, 0.5) is 4.39 Å². The topological polar surface area (TPSA) is 63.7 Å². The number of hydrogen-bond acceptors (Lipinski definition) is 4. The van der Waals surface area contributed by atoms with Gasteiger partial charge in [0, 0.05) is 18.2 Å². The standard InChI is InChI=1S/C13H16FNO4S/c1-19-20(17,18)9-12-3-2-8-15(12)13(16)10-4-6-11(14)7-5-10/h4-7,12H,2-3,8-9H2,1H3/t12-/m1/s1. The van der Waals surface area contributed by atoms with Crippen LogP contribution in [0.3, 0.4) is 0 Å². The van der Waals surface area contributed by atoms with Crippen LogP contribution in [0.5, 0.6) is 0 Å². The van der Waals surface area contributed by atoms with Crippen LogP contribution in [0.2, 0.25) is 0 Å². The van der Waals surface area contributed by atoms with E-state index in [1.807, 2.05) is 0 Å². The Morgan fingerprint density at radius 1 is 1.40 bits per heavy atom. The summed E-state index contributed by atoms with van der Waals surface area (Å²) in [4.78, 5) is 13.8. The summed E-state index contributed by atoms with van der Waals surface area (Å²) in [5.74, 6) is -0.906. The Morgan fingerprint density at radius 3 is 2.65 bits per heavy atom. The number of benzene rings is 1. The molecule has 1 aromatic rings. The minimum Gasteiger partial charge on any atom is -0.335 e. The first-order valence-electron chi connectivity index (χ1n) is 6.28. The van der Waals surface area contributed by atoms with Crippen LogP contribution >= 0.6 is 0 Å². The van der Waals surface area contributed by atoms with Crippen molar-refractivity contribution in [2.75, 3.05) is 19.4 Å². The minimum absolute atomic E-state index is 0.212. The van der Waals surface area contributed by atoms with Crippen molar-refractivity contribution in [3.8, 4) is 0 Å². The molecule has 1 heterocycles. The lowest BCUT2D eigenvalue weighted by Gasteiger charge is -2.24. The van der Waals surface area contributed by atoms with Gasteiger partial charge >= 0.3 is 0 Å². The lowest BCUT2D eigenvalue weighted by Crippen LogP contribution is -2.39. The molecule has 110 valence electrons. The first-order valence-corrected chi connectivity index (χ1v) is 7.85. The molecular weight excluding hydrogens is 285 g/mol. The molecule has 1 fully saturated rings. The van der Waals surface area contributed by atoms with Crippen molar-refractivity contribution in [1.82, 2.24) is 4.90 Å². The van der Waals surface area contributed by atoms with Crippen LogP contribution in [0.15, 0.2) is 24.3 Å². The van der Waals surface area contributed by atoms with Gasteiger partial charge in [-0.25, -0.2) is 4.39 Å². The molecule has 2 rings (SSSR count). The van der Waals surface area contributed by atoms with Crippen molar-refractivity contribution in [1.29, 1.82) is 0 Å². The van der Waals surface area contributed by atoms with Gasteiger partial charge in [0.05, 0.1) is 12.9 Å². The molecule has 0 bridgehead atoms. The van der Waals surface area contributed by atoms with Gasteiger partial charge in [-0.05, 0) is 37.1 Å². The van der Waals surface area contributed by atoms with Gasteiger partial charge in [-0.3, -0.25) is 8.98 Å². The van der Waals surface area contributed by atoms with E-state index in [9.17, 15) is 17.6 Å². The smallest absolute Gasteiger partial charge is 0.269 e. The molecule has 1 amide bonds. The Bertz CT molecular complexity index is 585. The second-order valence-electron chi connectivity index (χ2n) is 4.69. The highest BCUT2D eigenvalue weighted by Gasteiger charge is 2.32. The summed E-state index contributed by atoms with van der Waals surface area (Å²) in [5, 5.41) is 0. The van der Waals surface area contributed by atoms with Gasteiger partial charge in [-0.15, -0.1) is 0 Å².